The van der Waals surface area contributed by atoms with Crippen molar-refractivity contribution in [3.8, 4) is 0 Å². The van der Waals surface area contributed by atoms with E-state index < -0.39 is 0 Å². The first-order valence-corrected chi connectivity index (χ1v) is 9.57. The Labute approximate surface area is 147 Å². The minimum Gasteiger partial charge on any atom is -0.0799 e. The molecule has 2 aliphatic carbocycles. The lowest BCUT2D eigenvalue weighted by Crippen LogP contribution is -2.03. The van der Waals surface area contributed by atoms with E-state index in [1.807, 2.05) is 0 Å². The van der Waals surface area contributed by atoms with Gasteiger partial charge in [0.05, 0.1) is 0 Å². The molecular weight excluding hydrogens is 276 g/mol. The zero-order valence-electron chi connectivity index (χ0n) is 16.2. The lowest BCUT2D eigenvalue weighted by Gasteiger charge is -2.19. The summed E-state index contributed by atoms with van der Waals surface area (Å²) in [4.78, 5) is 0. The van der Waals surface area contributed by atoms with Crippen LogP contribution >= 0.6 is 0 Å². The quantitative estimate of drug-likeness (QED) is 0.392. The van der Waals surface area contributed by atoms with Crippen molar-refractivity contribution in [1.82, 2.24) is 0 Å². The van der Waals surface area contributed by atoms with Crippen molar-refractivity contribution in [2.24, 2.45) is 10.8 Å². The van der Waals surface area contributed by atoms with Crippen LogP contribution < -0.4 is 0 Å². The minimum atomic E-state index is 0. The second kappa shape index (κ2) is 10.4. The summed E-state index contributed by atoms with van der Waals surface area (Å²) in [6.45, 7) is 13.7. The van der Waals surface area contributed by atoms with E-state index in [1.165, 1.54) is 64.2 Å². The van der Waals surface area contributed by atoms with Crippen LogP contribution in [0.5, 0.6) is 0 Å². The normalized spacial score (nSPS) is 19.2. The van der Waals surface area contributed by atoms with E-state index >= 15 is 0 Å². The molecule has 2 saturated carbocycles. The molecule has 2 rings (SSSR count). The second-order valence-electron chi connectivity index (χ2n) is 9.46. The Balaban J connectivity index is 0.000000403. The maximum absolute atomic E-state index is 2.46. The lowest BCUT2D eigenvalue weighted by atomic mass is 9.87. The van der Waals surface area contributed by atoms with Crippen molar-refractivity contribution < 1.29 is 0 Å². The summed E-state index contributed by atoms with van der Waals surface area (Å²) >= 11 is 0. The summed E-state index contributed by atoms with van der Waals surface area (Å²) < 4.78 is 0. The van der Waals surface area contributed by atoms with Crippen LogP contribution in [0.3, 0.4) is 0 Å². The molecule has 0 amide bonds. The summed E-state index contributed by atoms with van der Waals surface area (Å²) in [5.41, 5.74) is 4.19. The van der Waals surface area contributed by atoms with Crippen LogP contribution in [0.4, 0.5) is 0 Å². The fourth-order valence-electron chi connectivity index (χ4n) is 3.53. The average molecular weight is 321 g/mol. The summed E-state index contributed by atoms with van der Waals surface area (Å²) in [5.74, 6) is 0. The molecule has 0 bridgehead atoms. The van der Waals surface area contributed by atoms with Crippen LogP contribution in [-0.2, 0) is 0 Å². The predicted molar refractivity (Wildman–Crippen MR) is 108 cm³/mol. The summed E-state index contributed by atoms with van der Waals surface area (Å²) in [5, 5.41) is 0. The van der Waals surface area contributed by atoms with Crippen LogP contribution in [0.25, 0.3) is 0 Å². The highest BCUT2D eigenvalue weighted by Gasteiger charge is 2.11. The van der Waals surface area contributed by atoms with Crippen molar-refractivity contribution in [3.05, 3.63) is 23.3 Å². The molecule has 136 valence electrons. The monoisotopic (exact) mass is 320 g/mol. The fourth-order valence-corrected chi connectivity index (χ4v) is 3.53. The number of hydrogen-bond donors (Lipinski definition) is 0. The van der Waals surface area contributed by atoms with E-state index in [0.717, 1.165) is 0 Å². The highest BCUT2D eigenvalue weighted by atomic mass is 14.2. The number of hydrogen-bond acceptors (Lipinski definition) is 0. The molecule has 0 aromatic carbocycles. The molecule has 0 nitrogen and oxygen atoms in total. The van der Waals surface area contributed by atoms with Crippen molar-refractivity contribution in [2.45, 2.75) is 113 Å². The molecule has 0 N–H and O–H groups in total. The number of rotatable bonds is 0. The summed E-state index contributed by atoms with van der Waals surface area (Å²) in [6.07, 6.45) is 18.9. The third-order valence-corrected chi connectivity index (χ3v) is 4.27. The van der Waals surface area contributed by atoms with Crippen molar-refractivity contribution in [1.29, 1.82) is 0 Å². The Bertz CT molecular complexity index is 314. The third-order valence-electron chi connectivity index (χ3n) is 4.27. The first-order chi connectivity index (χ1) is 10.2. The largest absolute Gasteiger partial charge is 0.0799 e. The smallest absolute Gasteiger partial charge is 0.0200 e. The molecule has 0 saturated heterocycles. The van der Waals surface area contributed by atoms with Crippen molar-refractivity contribution >= 4 is 0 Å². The zero-order chi connectivity index (χ0) is 16.6. The van der Waals surface area contributed by atoms with E-state index in [0.29, 0.717) is 10.8 Å². The first-order valence-electron chi connectivity index (χ1n) is 9.57. The second-order valence-corrected chi connectivity index (χ2v) is 9.46. The van der Waals surface area contributed by atoms with E-state index in [4.69, 9.17) is 0 Å². The van der Waals surface area contributed by atoms with Crippen LogP contribution in [-0.4, -0.2) is 0 Å². The molecule has 0 heteroatoms. The lowest BCUT2D eigenvalue weighted by molar-refractivity contribution is 0.517. The Hall–Kier alpha value is -0.520. The molecule has 0 spiro atoms. The SMILES string of the molecule is C.CC(C)(C)C=C1CCCCC1.CC(C)(C)C=C1CCCCC1. The van der Waals surface area contributed by atoms with Crippen molar-refractivity contribution in [2.75, 3.05) is 0 Å². The van der Waals surface area contributed by atoms with Gasteiger partial charge in [-0.3, -0.25) is 0 Å². The van der Waals surface area contributed by atoms with Gasteiger partial charge in [-0.25, -0.2) is 0 Å². The Morgan fingerprint density at radius 2 is 0.783 bits per heavy atom. The van der Waals surface area contributed by atoms with Gasteiger partial charge in [0, 0.05) is 0 Å². The van der Waals surface area contributed by atoms with Crippen LogP contribution in [0.1, 0.15) is 113 Å². The van der Waals surface area contributed by atoms with Gasteiger partial charge in [-0.15, -0.1) is 0 Å². The van der Waals surface area contributed by atoms with Gasteiger partial charge >= 0.3 is 0 Å². The molecule has 2 aliphatic rings. The van der Waals surface area contributed by atoms with Crippen LogP contribution in [0.15, 0.2) is 23.3 Å². The fraction of sp³-hybridized carbons (Fsp3) is 0.826. The van der Waals surface area contributed by atoms with E-state index in [-0.39, 0.29) is 7.43 Å². The highest BCUT2D eigenvalue weighted by molar-refractivity contribution is 5.09. The van der Waals surface area contributed by atoms with Gasteiger partial charge in [0.2, 0.25) is 0 Å². The maximum Gasteiger partial charge on any atom is -0.0200 e. The molecule has 0 atom stereocenters. The predicted octanol–water partition coefficient (Wildman–Crippen LogP) is 8.48. The average Bonchev–Trinajstić information content (AvgIpc) is 2.38. The third kappa shape index (κ3) is 12.6. The Morgan fingerprint density at radius 3 is 1.00 bits per heavy atom. The zero-order valence-corrected chi connectivity index (χ0v) is 16.2. The molecular formula is C23H44. The van der Waals surface area contributed by atoms with Gasteiger partial charge in [-0.1, -0.05) is 85.1 Å². The molecule has 0 unspecified atom stereocenters. The minimum absolute atomic E-state index is 0. The van der Waals surface area contributed by atoms with Gasteiger partial charge in [0.25, 0.3) is 0 Å². The molecule has 0 aromatic rings. The van der Waals surface area contributed by atoms with E-state index in [2.05, 4.69) is 53.7 Å². The molecule has 2 fully saturated rings. The van der Waals surface area contributed by atoms with Gasteiger partial charge in [0.15, 0.2) is 0 Å². The van der Waals surface area contributed by atoms with Gasteiger partial charge in [-0.05, 0) is 62.2 Å². The topological polar surface area (TPSA) is 0 Å². The molecule has 23 heavy (non-hydrogen) atoms. The van der Waals surface area contributed by atoms with Gasteiger partial charge in [0.1, 0.15) is 0 Å². The molecule has 0 heterocycles. The summed E-state index contributed by atoms with van der Waals surface area (Å²) in [6, 6.07) is 0. The molecule has 0 aliphatic heterocycles. The maximum atomic E-state index is 2.46. The molecule has 0 radical (unpaired) electrons. The number of allylic oxidation sites excluding steroid dienone is 4. The summed E-state index contributed by atoms with van der Waals surface area (Å²) in [7, 11) is 0. The van der Waals surface area contributed by atoms with Gasteiger partial charge in [-0.2, -0.15) is 0 Å². The van der Waals surface area contributed by atoms with Crippen molar-refractivity contribution in [3.63, 3.8) is 0 Å². The van der Waals surface area contributed by atoms with E-state index in [9.17, 15) is 0 Å². The van der Waals surface area contributed by atoms with Gasteiger partial charge < -0.3 is 0 Å². The Morgan fingerprint density at radius 1 is 0.522 bits per heavy atom. The van der Waals surface area contributed by atoms with E-state index in [1.54, 1.807) is 11.1 Å². The first kappa shape index (κ1) is 22.5. The van der Waals surface area contributed by atoms with Crippen LogP contribution in [0.2, 0.25) is 0 Å². The highest BCUT2D eigenvalue weighted by Crippen LogP contribution is 2.28. The molecule has 0 aromatic heterocycles. The standard InChI is InChI=1S/2C11H20.CH4/c2*1-11(2,3)9-10-7-5-4-6-8-10;/h2*9H,4-8H2,1-3H3;1H4. The Kier molecular flexibility index (Phi) is 10.1. The van der Waals surface area contributed by atoms with Crippen LogP contribution in [0, 0.1) is 10.8 Å².